The lowest BCUT2D eigenvalue weighted by Crippen LogP contribution is -2.24. The molecule has 0 aromatic heterocycles. The third kappa shape index (κ3) is 14.1. The highest BCUT2D eigenvalue weighted by Crippen LogP contribution is 2.24. The summed E-state index contributed by atoms with van der Waals surface area (Å²) in [5.74, 6) is 1.01. The summed E-state index contributed by atoms with van der Waals surface area (Å²) in [6.45, 7) is 11.1. The first-order chi connectivity index (χ1) is 8.99. The Hall–Kier alpha value is -0.360. The van der Waals surface area contributed by atoms with Crippen molar-refractivity contribution in [3.05, 3.63) is 0 Å². The molecule has 0 heterocycles. The number of hydrogen-bond donors (Lipinski definition) is 0. The van der Waals surface area contributed by atoms with Gasteiger partial charge in [0.25, 0.3) is 0 Å². The van der Waals surface area contributed by atoms with Crippen LogP contribution in [0.25, 0.3) is 0 Å². The predicted molar refractivity (Wildman–Crippen MR) is 85.8 cm³/mol. The molecule has 0 aromatic carbocycles. The normalized spacial score (nSPS) is 12.1. The second kappa shape index (κ2) is 8.82. The van der Waals surface area contributed by atoms with Gasteiger partial charge in [-0.05, 0) is 41.5 Å². The van der Waals surface area contributed by atoms with Crippen molar-refractivity contribution in [3.63, 3.8) is 0 Å². The van der Waals surface area contributed by atoms with Crippen molar-refractivity contribution in [2.75, 3.05) is 11.5 Å². The Morgan fingerprint density at radius 2 is 1.05 bits per heavy atom. The van der Waals surface area contributed by atoms with Gasteiger partial charge in [-0.3, -0.25) is 9.59 Å². The molecular formula is C14H26O4S2. The first kappa shape index (κ1) is 19.6. The van der Waals surface area contributed by atoms with E-state index in [4.69, 9.17) is 9.47 Å². The van der Waals surface area contributed by atoms with Crippen molar-refractivity contribution in [3.8, 4) is 0 Å². The zero-order valence-corrected chi connectivity index (χ0v) is 14.9. The molecule has 0 saturated carbocycles. The minimum absolute atomic E-state index is 0.183. The largest absolute Gasteiger partial charge is 0.460 e. The van der Waals surface area contributed by atoms with E-state index in [9.17, 15) is 9.59 Å². The molecule has 0 radical (unpaired) electrons. The van der Waals surface area contributed by atoms with Gasteiger partial charge in [0, 0.05) is 11.5 Å². The fraction of sp³-hybridized carbons (Fsp3) is 0.857. The van der Waals surface area contributed by atoms with E-state index >= 15 is 0 Å². The fourth-order valence-electron chi connectivity index (χ4n) is 1.15. The lowest BCUT2D eigenvalue weighted by Gasteiger charge is -2.19. The second-order valence-corrected chi connectivity index (χ2v) is 9.02. The summed E-state index contributed by atoms with van der Waals surface area (Å²) in [5, 5.41) is 0. The Balaban J connectivity index is 3.54. The van der Waals surface area contributed by atoms with Gasteiger partial charge in [-0.1, -0.05) is 21.6 Å². The van der Waals surface area contributed by atoms with Crippen molar-refractivity contribution in [1.29, 1.82) is 0 Å². The minimum atomic E-state index is -0.425. The molecule has 6 heteroatoms. The third-order valence-electron chi connectivity index (χ3n) is 1.70. The van der Waals surface area contributed by atoms with Gasteiger partial charge < -0.3 is 9.47 Å². The van der Waals surface area contributed by atoms with Gasteiger partial charge in [-0.15, -0.1) is 0 Å². The maximum absolute atomic E-state index is 11.4. The van der Waals surface area contributed by atoms with Crippen LogP contribution in [0.2, 0.25) is 0 Å². The zero-order chi connectivity index (χ0) is 15.8. The van der Waals surface area contributed by atoms with Crippen molar-refractivity contribution in [1.82, 2.24) is 0 Å². The van der Waals surface area contributed by atoms with E-state index < -0.39 is 11.2 Å². The zero-order valence-electron chi connectivity index (χ0n) is 13.3. The number of hydrogen-bond acceptors (Lipinski definition) is 6. The van der Waals surface area contributed by atoms with E-state index in [-0.39, 0.29) is 11.9 Å². The van der Waals surface area contributed by atoms with Gasteiger partial charge in [0.05, 0.1) is 12.8 Å². The molecule has 0 aliphatic rings. The summed E-state index contributed by atoms with van der Waals surface area (Å²) in [7, 11) is 3.15. The van der Waals surface area contributed by atoms with Crippen molar-refractivity contribution < 1.29 is 19.1 Å². The summed E-state index contributed by atoms with van der Waals surface area (Å²) in [5.41, 5.74) is -0.850. The molecule has 0 amide bonds. The van der Waals surface area contributed by atoms with Gasteiger partial charge in [0.2, 0.25) is 0 Å². The molecular weight excluding hydrogens is 296 g/mol. The molecule has 0 N–H and O–H groups in total. The van der Waals surface area contributed by atoms with Crippen molar-refractivity contribution >= 4 is 33.5 Å². The smallest absolute Gasteiger partial charge is 0.307 e. The predicted octanol–water partition coefficient (Wildman–Crippen LogP) is 3.83. The van der Waals surface area contributed by atoms with Crippen LogP contribution < -0.4 is 0 Å². The third-order valence-corrected chi connectivity index (χ3v) is 4.11. The Kier molecular flexibility index (Phi) is 8.66. The molecule has 0 aliphatic heterocycles. The number of ether oxygens (including phenoxy) is 2. The molecule has 0 bridgehead atoms. The average molecular weight is 322 g/mol. The molecule has 0 saturated heterocycles. The van der Waals surface area contributed by atoms with Crippen LogP contribution in [-0.4, -0.2) is 34.6 Å². The van der Waals surface area contributed by atoms with Gasteiger partial charge >= 0.3 is 11.9 Å². The van der Waals surface area contributed by atoms with E-state index in [1.165, 1.54) is 0 Å². The topological polar surface area (TPSA) is 52.6 Å². The maximum Gasteiger partial charge on any atom is 0.307 e. The van der Waals surface area contributed by atoms with Crippen LogP contribution in [0.4, 0.5) is 0 Å². The molecule has 20 heavy (non-hydrogen) atoms. The molecule has 118 valence electrons. The monoisotopic (exact) mass is 322 g/mol. The SMILES string of the molecule is CC(C)(C)OC(=O)CCSSCCC(=O)OC(C)(C)C. The van der Waals surface area contributed by atoms with Gasteiger partial charge in [0.1, 0.15) is 11.2 Å². The van der Waals surface area contributed by atoms with E-state index in [2.05, 4.69) is 0 Å². The van der Waals surface area contributed by atoms with Gasteiger partial charge in [-0.25, -0.2) is 0 Å². The molecule has 0 spiro atoms. The summed E-state index contributed by atoms with van der Waals surface area (Å²) in [6, 6.07) is 0. The molecule has 0 fully saturated rings. The maximum atomic E-state index is 11.4. The highest BCUT2D eigenvalue weighted by atomic mass is 33.1. The second-order valence-electron chi connectivity index (χ2n) is 6.32. The summed E-state index contributed by atoms with van der Waals surface area (Å²) >= 11 is 0. The Labute approximate surface area is 130 Å². The van der Waals surface area contributed by atoms with E-state index in [0.29, 0.717) is 24.3 Å². The quantitative estimate of drug-likeness (QED) is 0.403. The van der Waals surface area contributed by atoms with Gasteiger partial charge in [-0.2, -0.15) is 0 Å². The van der Waals surface area contributed by atoms with Crippen molar-refractivity contribution in [2.45, 2.75) is 65.6 Å². The Morgan fingerprint density at radius 3 is 1.30 bits per heavy atom. The molecule has 4 nitrogen and oxygen atoms in total. The van der Waals surface area contributed by atoms with Crippen LogP contribution in [0.3, 0.4) is 0 Å². The first-order valence-corrected chi connectivity index (χ1v) is 9.16. The number of carbonyl (C=O) groups excluding carboxylic acids is 2. The first-order valence-electron chi connectivity index (χ1n) is 6.68. The Morgan fingerprint density at radius 1 is 0.750 bits per heavy atom. The summed E-state index contributed by atoms with van der Waals surface area (Å²) in [6.07, 6.45) is 0.781. The highest BCUT2D eigenvalue weighted by Gasteiger charge is 2.17. The number of carbonyl (C=O) groups is 2. The van der Waals surface area contributed by atoms with Crippen molar-refractivity contribution in [2.24, 2.45) is 0 Å². The minimum Gasteiger partial charge on any atom is -0.460 e. The van der Waals surface area contributed by atoms with E-state index in [1.807, 2.05) is 41.5 Å². The van der Waals surface area contributed by atoms with Crippen LogP contribution in [0.1, 0.15) is 54.4 Å². The molecule has 0 aromatic rings. The molecule has 0 atom stereocenters. The number of rotatable bonds is 7. The summed E-state index contributed by atoms with van der Waals surface area (Å²) in [4.78, 5) is 22.9. The van der Waals surface area contributed by atoms with Gasteiger partial charge in [0.15, 0.2) is 0 Å². The molecule has 0 unspecified atom stereocenters. The standard InChI is InChI=1S/C14H26O4S2/c1-13(2,3)17-11(15)7-9-19-20-10-8-12(16)18-14(4,5)6/h7-10H2,1-6H3. The molecule has 0 aliphatic carbocycles. The average Bonchev–Trinajstić information content (AvgIpc) is 2.17. The molecule has 0 rings (SSSR count). The van der Waals surface area contributed by atoms with Crippen LogP contribution in [0, 0.1) is 0 Å². The van der Waals surface area contributed by atoms with Crippen LogP contribution in [-0.2, 0) is 19.1 Å². The fourth-order valence-corrected chi connectivity index (χ4v) is 3.10. The number of esters is 2. The highest BCUT2D eigenvalue weighted by molar-refractivity contribution is 8.76. The summed E-state index contributed by atoms with van der Waals surface area (Å²) < 4.78 is 10.4. The lowest BCUT2D eigenvalue weighted by atomic mass is 10.2. The van der Waals surface area contributed by atoms with Crippen LogP contribution in [0.5, 0.6) is 0 Å². The lowest BCUT2D eigenvalue weighted by molar-refractivity contribution is -0.155. The van der Waals surface area contributed by atoms with Crippen LogP contribution in [0.15, 0.2) is 0 Å². The Bertz CT molecular complexity index is 284. The van der Waals surface area contributed by atoms with E-state index in [0.717, 1.165) is 0 Å². The van der Waals surface area contributed by atoms with Crippen LogP contribution >= 0.6 is 21.6 Å². The van der Waals surface area contributed by atoms with E-state index in [1.54, 1.807) is 21.6 Å².